The van der Waals surface area contributed by atoms with Gasteiger partial charge in [0.25, 0.3) is 5.91 Å². The maximum absolute atomic E-state index is 14.2. The van der Waals surface area contributed by atoms with Gasteiger partial charge in [0.15, 0.2) is 5.82 Å². The Kier molecular flexibility index (Phi) is 6.78. The third-order valence-electron chi connectivity index (χ3n) is 5.94. The average molecular weight is 516 g/mol. The summed E-state index contributed by atoms with van der Waals surface area (Å²) in [5.74, 6) is -2.19. The fraction of sp³-hybridized carbons (Fsp3) is 0.364. The Morgan fingerprint density at radius 1 is 1.23 bits per heavy atom. The van der Waals surface area contributed by atoms with Crippen LogP contribution in [0.4, 0.5) is 22.0 Å². The van der Waals surface area contributed by atoms with E-state index < -0.39 is 47.2 Å². The molecule has 4 rings (SSSR count). The Morgan fingerprint density at radius 2 is 1.94 bits per heavy atom. The van der Waals surface area contributed by atoms with Gasteiger partial charge in [0, 0.05) is 0 Å². The van der Waals surface area contributed by atoms with Gasteiger partial charge in [-0.25, -0.2) is 18.4 Å². The number of pyridine rings is 1. The largest absolute Gasteiger partial charge is 0.433 e. The highest BCUT2D eigenvalue weighted by Crippen LogP contribution is 2.42. The molecule has 1 unspecified atom stereocenters. The maximum atomic E-state index is 14.2. The van der Waals surface area contributed by atoms with E-state index in [1.807, 2.05) is 0 Å². The number of nitrogens with one attached hydrogen (secondary N) is 1. The second-order valence-electron chi connectivity index (χ2n) is 8.24. The van der Waals surface area contributed by atoms with E-state index in [4.69, 9.17) is 11.6 Å². The average Bonchev–Trinajstić information content (AvgIpc) is 3.35. The standard InChI is InChI=1S/C22H19ClF5N5O2/c23-17-13(2-1-3-15(17)25)18(21(35)8-6-12(24)7-9-21)31-20(34)14-4-5-16(22(26,27)28)30-19(14)33-11-10-29-32-33/h1-5,10-12,18,35H,6-9H2,(H,31,34)/t12-,18?,21-. The van der Waals surface area contributed by atoms with Gasteiger partial charge in [0.2, 0.25) is 0 Å². The summed E-state index contributed by atoms with van der Waals surface area (Å²) in [6.07, 6.45) is -3.66. The zero-order chi connectivity index (χ0) is 25.4. The van der Waals surface area contributed by atoms with Crippen LogP contribution in [0.25, 0.3) is 5.82 Å². The third kappa shape index (κ3) is 5.13. The lowest BCUT2D eigenvalue weighted by molar-refractivity contribution is -0.141. The highest BCUT2D eigenvalue weighted by molar-refractivity contribution is 6.31. The van der Waals surface area contributed by atoms with E-state index in [-0.39, 0.29) is 41.8 Å². The van der Waals surface area contributed by atoms with Gasteiger partial charge >= 0.3 is 6.18 Å². The van der Waals surface area contributed by atoms with Gasteiger partial charge in [-0.05, 0) is 49.4 Å². The van der Waals surface area contributed by atoms with Crippen molar-refractivity contribution < 1.29 is 31.9 Å². The molecule has 1 aliphatic rings. The van der Waals surface area contributed by atoms with Crippen molar-refractivity contribution in [1.82, 2.24) is 25.3 Å². The number of hydrogen-bond donors (Lipinski definition) is 2. The van der Waals surface area contributed by atoms with E-state index in [0.29, 0.717) is 6.07 Å². The number of carbonyl (C=O) groups is 1. The lowest BCUT2D eigenvalue weighted by atomic mass is 9.76. The fourth-order valence-corrected chi connectivity index (χ4v) is 4.34. The second kappa shape index (κ2) is 9.50. The predicted molar refractivity (Wildman–Crippen MR) is 114 cm³/mol. The molecular formula is C22H19ClF5N5O2. The van der Waals surface area contributed by atoms with Crippen molar-refractivity contribution >= 4 is 17.5 Å². The second-order valence-corrected chi connectivity index (χ2v) is 8.62. The Morgan fingerprint density at radius 3 is 2.57 bits per heavy atom. The zero-order valence-electron chi connectivity index (χ0n) is 17.9. The van der Waals surface area contributed by atoms with E-state index in [1.165, 1.54) is 24.5 Å². The highest BCUT2D eigenvalue weighted by atomic mass is 35.5. The van der Waals surface area contributed by atoms with Crippen molar-refractivity contribution in [2.75, 3.05) is 0 Å². The molecule has 0 radical (unpaired) electrons. The number of hydrogen-bond acceptors (Lipinski definition) is 5. The van der Waals surface area contributed by atoms with Gasteiger partial charge in [-0.2, -0.15) is 13.2 Å². The van der Waals surface area contributed by atoms with Crippen LogP contribution in [0.15, 0.2) is 42.7 Å². The molecule has 1 aliphatic carbocycles. The number of nitrogens with zero attached hydrogens (tertiary/aromatic N) is 4. The number of alkyl halides is 4. The summed E-state index contributed by atoms with van der Waals surface area (Å²) in [6, 6.07) is 4.07. The summed E-state index contributed by atoms with van der Waals surface area (Å²) in [6.45, 7) is 0. The summed E-state index contributed by atoms with van der Waals surface area (Å²) < 4.78 is 68.7. The monoisotopic (exact) mass is 515 g/mol. The SMILES string of the molecule is O=C(NC(c1cccc(F)c1Cl)[C@]1(O)CC[C@H](F)CC1)c1ccc(C(F)(F)F)nc1-n1ccnn1. The van der Waals surface area contributed by atoms with Crippen LogP contribution in [-0.4, -0.2) is 42.8 Å². The lowest BCUT2D eigenvalue weighted by Gasteiger charge is -2.41. The van der Waals surface area contributed by atoms with Crippen molar-refractivity contribution in [3.05, 3.63) is 70.4 Å². The first-order chi connectivity index (χ1) is 16.5. The molecule has 35 heavy (non-hydrogen) atoms. The van der Waals surface area contributed by atoms with Gasteiger partial charge < -0.3 is 10.4 Å². The van der Waals surface area contributed by atoms with Crippen LogP contribution >= 0.6 is 11.6 Å². The van der Waals surface area contributed by atoms with E-state index in [0.717, 1.165) is 16.8 Å². The fourth-order valence-electron chi connectivity index (χ4n) is 4.10. The van der Waals surface area contributed by atoms with Crippen molar-refractivity contribution in [3.63, 3.8) is 0 Å². The van der Waals surface area contributed by atoms with Gasteiger partial charge in [-0.1, -0.05) is 28.9 Å². The predicted octanol–water partition coefficient (Wildman–Crippen LogP) is 4.59. The van der Waals surface area contributed by atoms with E-state index >= 15 is 0 Å². The molecule has 0 saturated heterocycles. The Hall–Kier alpha value is -3.12. The van der Waals surface area contributed by atoms with Crippen LogP contribution in [0.2, 0.25) is 5.02 Å². The summed E-state index contributed by atoms with van der Waals surface area (Å²) in [5.41, 5.74) is -3.22. The van der Waals surface area contributed by atoms with Crippen molar-refractivity contribution in [2.24, 2.45) is 0 Å². The van der Waals surface area contributed by atoms with Gasteiger partial charge in [-0.15, -0.1) is 5.10 Å². The van der Waals surface area contributed by atoms with Crippen LogP contribution in [0.1, 0.15) is 53.3 Å². The summed E-state index contributed by atoms with van der Waals surface area (Å²) >= 11 is 6.14. The number of aliphatic hydroxyl groups is 1. The number of carbonyl (C=O) groups excluding carboxylic acids is 1. The Bertz CT molecular complexity index is 1210. The number of benzene rings is 1. The molecule has 0 spiro atoms. The zero-order valence-corrected chi connectivity index (χ0v) is 18.7. The molecule has 3 aromatic rings. The smallest absolute Gasteiger partial charge is 0.387 e. The molecule has 2 N–H and O–H groups in total. The maximum Gasteiger partial charge on any atom is 0.433 e. The molecule has 2 aromatic heterocycles. The number of halogens is 6. The normalized spacial score (nSPS) is 21.5. The molecule has 2 heterocycles. The van der Waals surface area contributed by atoms with Crippen molar-refractivity contribution in [1.29, 1.82) is 0 Å². The first kappa shape index (κ1) is 25.0. The topological polar surface area (TPSA) is 92.9 Å². The first-order valence-electron chi connectivity index (χ1n) is 10.6. The molecule has 1 aromatic carbocycles. The van der Waals surface area contributed by atoms with Crippen LogP contribution in [0.5, 0.6) is 0 Å². The molecule has 1 amide bonds. The molecule has 7 nitrogen and oxygen atoms in total. The van der Waals surface area contributed by atoms with Crippen molar-refractivity contribution in [2.45, 2.75) is 49.7 Å². The molecule has 1 saturated carbocycles. The van der Waals surface area contributed by atoms with Crippen molar-refractivity contribution in [3.8, 4) is 5.82 Å². The molecule has 0 aliphatic heterocycles. The van der Waals surface area contributed by atoms with Gasteiger partial charge in [-0.3, -0.25) is 4.79 Å². The van der Waals surface area contributed by atoms with Crippen LogP contribution in [0.3, 0.4) is 0 Å². The summed E-state index contributed by atoms with van der Waals surface area (Å²) in [4.78, 5) is 16.9. The quantitative estimate of drug-likeness (QED) is 0.485. The molecule has 1 atom stereocenters. The lowest BCUT2D eigenvalue weighted by Crippen LogP contribution is -2.49. The third-order valence-corrected chi connectivity index (χ3v) is 6.33. The van der Waals surface area contributed by atoms with Gasteiger partial charge in [0.1, 0.15) is 17.7 Å². The molecule has 1 fully saturated rings. The summed E-state index contributed by atoms with van der Waals surface area (Å²) in [7, 11) is 0. The molecule has 0 bridgehead atoms. The minimum Gasteiger partial charge on any atom is -0.387 e. The van der Waals surface area contributed by atoms with Gasteiger partial charge in [0.05, 0.1) is 34.6 Å². The van der Waals surface area contributed by atoms with E-state index in [2.05, 4.69) is 20.6 Å². The molecule has 13 heteroatoms. The Balaban J connectivity index is 1.77. The minimum atomic E-state index is -4.79. The van der Waals surface area contributed by atoms with E-state index in [9.17, 15) is 31.9 Å². The van der Waals surface area contributed by atoms with Crippen LogP contribution in [0, 0.1) is 5.82 Å². The number of aromatic nitrogens is 4. The molecule has 186 valence electrons. The first-order valence-corrected chi connectivity index (χ1v) is 10.9. The molecular weight excluding hydrogens is 497 g/mol. The minimum absolute atomic E-state index is 0.00183. The Labute approximate surface area is 200 Å². The van der Waals surface area contributed by atoms with E-state index in [1.54, 1.807) is 0 Å². The number of amides is 1. The number of rotatable bonds is 5. The highest BCUT2D eigenvalue weighted by Gasteiger charge is 2.43. The van der Waals surface area contributed by atoms with Crippen LogP contribution in [-0.2, 0) is 6.18 Å². The summed E-state index contributed by atoms with van der Waals surface area (Å²) in [5, 5.41) is 20.7. The van der Waals surface area contributed by atoms with Crippen LogP contribution < -0.4 is 5.32 Å².